The minimum Gasteiger partial charge on any atom is -0.464 e. The smallest absolute Gasteiger partial charge is 0.429 e. The Kier molecular flexibility index (Phi) is 2.56. The van der Waals surface area contributed by atoms with Crippen molar-refractivity contribution in [1.82, 2.24) is 9.99 Å². The molecule has 0 aliphatic carbocycles. The van der Waals surface area contributed by atoms with Crippen molar-refractivity contribution in [2.45, 2.75) is 0 Å². The third-order valence-electron chi connectivity index (χ3n) is 1.31. The average Bonchev–Trinajstić information content (AvgIpc) is 2.17. The number of hydrazine groups is 1. The first-order chi connectivity index (χ1) is 6.13. The normalized spacial score (nSPS) is 9.31. The molecule has 0 saturated carbocycles. The summed E-state index contributed by atoms with van der Waals surface area (Å²) < 4.78 is 0. The number of aromatic nitrogens is 1. The van der Waals surface area contributed by atoms with Gasteiger partial charge in [-0.2, -0.15) is 5.01 Å². The first kappa shape index (κ1) is 9.14. The van der Waals surface area contributed by atoms with Crippen molar-refractivity contribution in [2.24, 2.45) is 5.84 Å². The number of carbonyl (C=O) groups is 2. The minimum absolute atomic E-state index is 0.00704. The van der Waals surface area contributed by atoms with Crippen molar-refractivity contribution in [1.29, 1.82) is 0 Å². The fourth-order valence-corrected chi connectivity index (χ4v) is 0.700. The maximum absolute atomic E-state index is 11.1. The molecule has 3 N–H and O–H groups in total. The van der Waals surface area contributed by atoms with E-state index in [4.69, 9.17) is 10.9 Å². The summed E-state index contributed by atoms with van der Waals surface area (Å²) in [5, 5.41) is 8.45. The summed E-state index contributed by atoms with van der Waals surface area (Å²) >= 11 is 0. The molecule has 1 aromatic rings. The summed E-state index contributed by atoms with van der Waals surface area (Å²) in [6.45, 7) is 0. The van der Waals surface area contributed by atoms with Crippen LogP contribution in [0.5, 0.6) is 0 Å². The lowest BCUT2D eigenvalue weighted by atomic mass is 10.3. The van der Waals surface area contributed by atoms with Gasteiger partial charge in [0.2, 0.25) is 0 Å². The Hall–Kier alpha value is -1.95. The molecule has 0 radical (unpaired) electrons. The summed E-state index contributed by atoms with van der Waals surface area (Å²) in [5.41, 5.74) is -0.00704. The molecule has 1 aromatic heterocycles. The van der Waals surface area contributed by atoms with E-state index in [0.29, 0.717) is 0 Å². The molecule has 13 heavy (non-hydrogen) atoms. The number of nitrogens with two attached hydrogens (primary N) is 1. The van der Waals surface area contributed by atoms with Crippen LogP contribution in [0.25, 0.3) is 0 Å². The maximum Gasteiger partial charge on any atom is 0.429 e. The first-order valence-corrected chi connectivity index (χ1v) is 3.36. The van der Waals surface area contributed by atoms with Gasteiger partial charge in [0.25, 0.3) is 5.91 Å². The van der Waals surface area contributed by atoms with Crippen LogP contribution in [-0.4, -0.2) is 27.1 Å². The maximum atomic E-state index is 11.1. The molecular weight excluding hydrogens is 174 g/mol. The van der Waals surface area contributed by atoms with Crippen LogP contribution < -0.4 is 5.84 Å². The molecule has 0 aliphatic heterocycles. The van der Waals surface area contributed by atoms with E-state index in [2.05, 4.69) is 4.98 Å². The Morgan fingerprint density at radius 2 is 2.15 bits per heavy atom. The highest BCUT2D eigenvalue weighted by molar-refractivity contribution is 6.00. The van der Waals surface area contributed by atoms with E-state index < -0.39 is 12.0 Å². The number of carbonyl (C=O) groups excluding carboxylic acids is 1. The molecule has 1 heterocycles. The highest BCUT2D eigenvalue weighted by Crippen LogP contribution is 1.97. The zero-order chi connectivity index (χ0) is 9.84. The molecule has 0 bridgehead atoms. The predicted molar refractivity (Wildman–Crippen MR) is 42.6 cm³/mol. The van der Waals surface area contributed by atoms with Crippen LogP contribution in [-0.2, 0) is 0 Å². The molecule has 0 atom stereocenters. The van der Waals surface area contributed by atoms with Crippen molar-refractivity contribution >= 4 is 12.0 Å². The van der Waals surface area contributed by atoms with Crippen LogP contribution in [0.2, 0.25) is 0 Å². The van der Waals surface area contributed by atoms with E-state index in [0.717, 1.165) is 0 Å². The summed E-state index contributed by atoms with van der Waals surface area (Å²) in [4.78, 5) is 25.1. The largest absolute Gasteiger partial charge is 0.464 e. The molecule has 2 amide bonds. The molecule has 0 unspecified atom stereocenters. The fraction of sp³-hybridized carbons (Fsp3) is 0. The molecule has 6 nitrogen and oxygen atoms in total. The highest BCUT2D eigenvalue weighted by atomic mass is 16.4. The molecule has 6 heteroatoms. The van der Waals surface area contributed by atoms with Crippen LogP contribution >= 0.6 is 0 Å². The summed E-state index contributed by atoms with van der Waals surface area (Å²) in [6.07, 6.45) is -0.140. The number of rotatable bonds is 1. The van der Waals surface area contributed by atoms with Gasteiger partial charge in [0, 0.05) is 6.20 Å². The number of carboxylic acid groups (broad SMARTS) is 1. The first-order valence-electron chi connectivity index (χ1n) is 3.36. The van der Waals surface area contributed by atoms with Gasteiger partial charge < -0.3 is 5.11 Å². The van der Waals surface area contributed by atoms with Crippen LogP contribution in [0.15, 0.2) is 24.4 Å². The number of amides is 2. The van der Waals surface area contributed by atoms with Crippen molar-refractivity contribution in [3.63, 3.8) is 0 Å². The lowest BCUT2D eigenvalue weighted by Crippen LogP contribution is -2.41. The standard InChI is InChI=1S/C7H7N3O3/c8-10(7(12)13)6(11)5-3-1-2-4-9-5/h1-4H,8H2,(H,12,13). The van der Waals surface area contributed by atoms with E-state index >= 15 is 0 Å². The SMILES string of the molecule is NN(C(=O)O)C(=O)c1ccccn1. The highest BCUT2D eigenvalue weighted by Gasteiger charge is 2.18. The lowest BCUT2D eigenvalue weighted by molar-refractivity contribution is 0.0736. The van der Waals surface area contributed by atoms with Crippen molar-refractivity contribution < 1.29 is 14.7 Å². The van der Waals surface area contributed by atoms with E-state index in [1.807, 2.05) is 0 Å². The summed E-state index contributed by atoms with van der Waals surface area (Å²) in [6, 6.07) is 4.56. The van der Waals surface area contributed by atoms with Gasteiger partial charge >= 0.3 is 6.09 Å². The second-order valence-electron chi connectivity index (χ2n) is 2.17. The van der Waals surface area contributed by atoms with Gasteiger partial charge in [0.1, 0.15) is 5.69 Å². The van der Waals surface area contributed by atoms with Gasteiger partial charge in [0.05, 0.1) is 0 Å². The fourth-order valence-electron chi connectivity index (χ4n) is 0.700. The predicted octanol–water partition coefficient (Wildman–Crippen LogP) is 0.0755. The Balaban J connectivity index is 2.86. The van der Waals surface area contributed by atoms with E-state index in [1.54, 1.807) is 12.1 Å². The number of pyridine rings is 1. The summed E-state index contributed by atoms with van der Waals surface area (Å²) in [5.74, 6) is 4.08. The third-order valence-corrected chi connectivity index (χ3v) is 1.31. The second kappa shape index (κ2) is 3.63. The lowest BCUT2D eigenvalue weighted by Gasteiger charge is -2.08. The Morgan fingerprint density at radius 1 is 1.46 bits per heavy atom. The van der Waals surface area contributed by atoms with Crippen molar-refractivity contribution in [3.05, 3.63) is 30.1 Å². The molecule has 0 saturated heterocycles. The molecule has 68 valence electrons. The quantitative estimate of drug-likeness (QED) is 0.363. The monoisotopic (exact) mass is 181 g/mol. The van der Waals surface area contributed by atoms with Gasteiger partial charge in [-0.3, -0.25) is 9.78 Å². The van der Waals surface area contributed by atoms with E-state index in [9.17, 15) is 9.59 Å². The van der Waals surface area contributed by atoms with Gasteiger partial charge in [-0.05, 0) is 12.1 Å². The molecule has 0 aliphatic rings. The second-order valence-corrected chi connectivity index (χ2v) is 2.17. The van der Waals surface area contributed by atoms with Gasteiger partial charge in [-0.1, -0.05) is 6.07 Å². The third kappa shape index (κ3) is 2.00. The molecular formula is C7H7N3O3. The van der Waals surface area contributed by atoms with Crippen LogP contribution in [0.4, 0.5) is 4.79 Å². The van der Waals surface area contributed by atoms with Crippen LogP contribution in [0.3, 0.4) is 0 Å². The molecule has 0 fully saturated rings. The molecule has 0 spiro atoms. The van der Waals surface area contributed by atoms with Gasteiger partial charge in [-0.15, -0.1) is 0 Å². The zero-order valence-corrected chi connectivity index (χ0v) is 6.54. The Labute approximate surface area is 73.6 Å². The van der Waals surface area contributed by atoms with Gasteiger partial charge in [0.15, 0.2) is 0 Å². The minimum atomic E-state index is -1.52. The number of imide groups is 1. The molecule has 0 aromatic carbocycles. The van der Waals surface area contributed by atoms with Crippen molar-refractivity contribution in [2.75, 3.05) is 0 Å². The topological polar surface area (TPSA) is 96.5 Å². The Bertz CT molecular complexity index is 325. The van der Waals surface area contributed by atoms with Crippen molar-refractivity contribution in [3.8, 4) is 0 Å². The molecule has 1 rings (SSSR count). The number of hydrogen-bond donors (Lipinski definition) is 2. The summed E-state index contributed by atoms with van der Waals surface area (Å²) in [7, 11) is 0. The van der Waals surface area contributed by atoms with E-state index in [-0.39, 0.29) is 10.7 Å². The van der Waals surface area contributed by atoms with E-state index in [1.165, 1.54) is 12.3 Å². The van der Waals surface area contributed by atoms with Gasteiger partial charge in [-0.25, -0.2) is 10.6 Å². The average molecular weight is 181 g/mol. The number of hydrogen-bond acceptors (Lipinski definition) is 4. The number of nitrogens with zero attached hydrogens (tertiary/aromatic N) is 2. The van der Waals surface area contributed by atoms with Crippen LogP contribution in [0.1, 0.15) is 10.5 Å². The zero-order valence-electron chi connectivity index (χ0n) is 6.54. The Morgan fingerprint density at radius 3 is 2.62 bits per heavy atom. The van der Waals surface area contributed by atoms with Crippen LogP contribution in [0, 0.1) is 0 Å².